The van der Waals surface area contributed by atoms with E-state index in [1.165, 1.54) is 24.3 Å². The van der Waals surface area contributed by atoms with Crippen LogP contribution in [0.1, 0.15) is 22.0 Å². The van der Waals surface area contributed by atoms with Crippen molar-refractivity contribution in [2.45, 2.75) is 12.0 Å². The standard InChI is InChI=1S/C15H11F2NO4/c16-15(17,13(19)10-4-2-1-3-5-10)14(20)11-6-8-12(9-7-11)18(21)22/h1-9,14,20H. The molecule has 0 amide bonds. The molecule has 0 aliphatic heterocycles. The van der Waals surface area contributed by atoms with E-state index in [9.17, 15) is 28.8 Å². The quantitative estimate of drug-likeness (QED) is 0.523. The first kappa shape index (κ1) is 15.7. The zero-order valence-corrected chi connectivity index (χ0v) is 11.1. The molecule has 0 aromatic heterocycles. The Morgan fingerprint density at radius 1 is 1.09 bits per heavy atom. The number of nitrogens with zero attached hydrogens (tertiary/aromatic N) is 1. The van der Waals surface area contributed by atoms with Crippen LogP contribution in [-0.2, 0) is 0 Å². The van der Waals surface area contributed by atoms with Crippen molar-refractivity contribution in [3.8, 4) is 0 Å². The first-order chi connectivity index (χ1) is 10.3. The Labute approximate surface area is 124 Å². The minimum absolute atomic E-state index is 0.228. The fourth-order valence-corrected chi connectivity index (χ4v) is 1.89. The van der Waals surface area contributed by atoms with Crippen molar-refractivity contribution in [1.82, 2.24) is 0 Å². The van der Waals surface area contributed by atoms with Crippen LogP contribution >= 0.6 is 0 Å². The second-order valence-electron chi connectivity index (χ2n) is 4.57. The highest BCUT2D eigenvalue weighted by atomic mass is 19.3. The number of non-ortho nitro benzene ring substituents is 1. The van der Waals surface area contributed by atoms with Crippen LogP contribution in [0.5, 0.6) is 0 Å². The molecule has 0 spiro atoms. The van der Waals surface area contributed by atoms with Crippen LogP contribution in [0.15, 0.2) is 54.6 Å². The third-order valence-corrected chi connectivity index (χ3v) is 3.10. The average Bonchev–Trinajstić information content (AvgIpc) is 2.54. The summed E-state index contributed by atoms with van der Waals surface area (Å²) in [4.78, 5) is 21.7. The molecule has 1 N–H and O–H groups in total. The minimum atomic E-state index is -4.04. The van der Waals surface area contributed by atoms with Gasteiger partial charge in [0.05, 0.1) is 4.92 Å². The van der Waals surface area contributed by atoms with Gasteiger partial charge in [0.25, 0.3) is 5.69 Å². The first-order valence-electron chi connectivity index (χ1n) is 6.24. The van der Waals surface area contributed by atoms with Crippen molar-refractivity contribution in [2.75, 3.05) is 0 Å². The van der Waals surface area contributed by atoms with E-state index in [0.717, 1.165) is 24.3 Å². The van der Waals surface area contributed by atoms with Gasteiger partial charge in [-0.25, -0.2) is 0 Å². The van der Waals surface area contributed by atoms with Crippen molar-refractivity contribution in [3.63, 3.8) is 0 Å². The zero-order valence-electron chi connectivity index (χ0n) is 11.1. The molecular formula is C15H11F2NO4. The van der Waals surface area contributed by atoms with Gasteiger partial charge in [-0.1, -0.05) is 30.3 Å². The molecule has 2 rings (SSSR count). The van der Waals surface area contributed by atoms with Crippen molar-refractivity contribution in [1.29, 1.82) is 0 Å². The molecule has 0 saturated carbocycles. The van der Waals surface area contributed by atoms with E-state index in [1.807, 2.05) is 0 Å². The molecule has 0 saturated heterocycles. The molecule has 5 nitrogen and oxygen atoms in total. The number of nitro groups is 1. The number of Topliss-reactive ketones (excluding diaryl/α,β-unsaturated/α-hetero) is 1. The summed E-state index contributed by atoms with van der Waals surface area (Å²) in [5.41, 5.74) is -0.804. The summed E-state index contributed by atoms with van der Waals surface area (Å²) in [6.07, 6.45) is -2.39. The SMILES string of the molecule is O=C(c1ccccc1)C(F)(F)C(O)c1ccc([N+](=O)[O-])cc1. The Hall–Kier alpha value is -2.67. The lowest BCUT2D eigenvalue weighted by molar-refractivity contribution is -0.384. The summed E-state index contributed by atoms with van der Waals surface area (Å²) in [7, 11) is 0. The maximum Gasteiger partial charge on any atom is 0.339 e. The van der Waals surface area contributed by atoms with Crippen LogP contribution in [0, 0.1) is 10.1 Å². The second kappa shape index (κ2) is 5.98. The fraction of sp³-hybridized carbons (Fsp3) is 0.133. The molecule has 1 unspecified atom stereocenters. The van der Waals surface area contributed by atoms with E-state index >= 15 is 0 Å². The number of carbonyl (C=O) groups is 1. The van der Waals surface area contributed by atoms with E-state index in [1.54, 1.807) is 6.07 Å². The third-order valence-electron chi connectivity index (χ3n) is 3.10. The van der Waals surface area contributed by atoms with Crippen molar-refractivity contribution >= 4 is 11.5 Å². The number of benzene rings is 2. The van der Waals surface area contributed by atoms with Crippen molar-refractivity contribution in [3.05, 3.63) is 75.8 Å². The molecule has 7 heteroatoms. The highest BCUT2D eigenvalue weighted by Crippen LogP contribution is 2.34. The van der Waals surface area contributed by atoms with Crippen LogP contribution in [0.3, 0.4) is 0 Å². The van der Waals surface area contributed by atoms with Crippen LogP contribution in [0.2, 0.25) is 0 Å². The van der Waals surface area contributed by atoms with E-state index < -0.39 is 22.7 Å². The lowest BCUT2D eigenvalue weighted by atomic mass is 9.96. The van der Waals surface area contributed by atoms with Crippen LogP contribution in [-0.4, -0.2) is 21.7 Å². The molecule has 0 aliphatic carbocycles. The normalized spacial score (nSPS) is 12.7. The summed E-state index contributed by atoms with van der Waals surface area (Å²) in [6.45, 7) is 0. The van der Waals surface area contributed by atoms with Gasteiger partial charge < -0.3 is 5.11 Å². The Morgan fingerprint density at radius 2 is 1.64 bits per heavy atom. The molecule has 0 fully saturated rings. The van der Waals surface area contributed by atoms with E-state index in [-0.39, 0.29) is 16.8 Å². The molecule has 2 aromatic rings. The van der Waals surface area contributed by atoms with Crippen molar-refractivity contribution < 1.29 is 23.6 Å². The number of alkyl halides is 2. The maximum absolute atomic E-state index is 14.1. The van der Waals surface area contributed by atoms with Gasteiger partial charge in [-0.2, -0.15) is 8.78 Å². The summed E-state index contributed by atoms with van der Waals surface area (Å²) < 4.78 is 28.2. The molecule has 114 valence electrons. The lowest BCUT2D eigenvalue weighted by Crippen LogP contribution is -2.35. The Bertz CT molecular complexity index is 686. The van der Waals surface area contributed by atoms with E-state index in [4.69, 9.17) is 0 Å². The molecule has 2 aromatic carbocycles. The molecular weight excluding hydrogens is 296 g/mol. The average molecular weight is 307 g/mol. The number of aliphatic hydroxyl groups is 1. The first-order valence-corrected chi connectivity index (χ1v) is 6.24. The van der Waals surface area contributed by atoms with Crippen LogP contribution in [0.4, 0.5) is 14.5 Å². The number of nitro benzene ring substituents is 1. The number of carbonyl (C=O) groups excluding carboxylic acids is 1. The summed E-state index contributed by atoms with van der Waals surface area (Å²) >= 11 is 0. The molecule has 22 heavy (non-hydrogen) atoms. The Balaban J connectivity index is 2.28. The van der Waals surface area contributed by atoms with E-state index in [0.29, 0.717) is 0 Å². The number of aliphatic hydroxyl groups excluding tert-OH is 1. The second-order valence-corrected chi connectivity index (χ2v) is 4.57. The monoisotopic (exact) mass is 307 g/mol. The zero-order chi connectivity index (χ0) is 16.3. The van der Waals surface area contributed by atoms with Gasteiger partial charge in [-0.15, -0.1) is 0 Å². The maximum atomic E-state index is 14.1. The molecule has 0 aliphatic rings. The van der Waals surface area contributed by atoms with E-state index in [2.05, 4.69) is 0 Å². The molecule has 0 bridgehead atoms. The smallest absolute Gasteiger partial charge is 0.339 e. The van der Waals surface area contributed by atoms with Gasteiger partial charge in [0.2, 0.25) is 5.78 Å². The highest BCUT2D eigenvalue weighted by molar-refractivity contribution is 6.01. The van der Waals surface area contributed by atoms with Gasteiger partial charge in [0.15, 0.2) is 6.10 Å². The Kier molecular flexibility index (Phi) is 4.27. The summed E-state index contributed by atoms with van der Waals surface area (Å²) in [5.74, 6) is -5.56. The summed E-state index contributed by atoms with van der Waals surface area (Å²) in [6, 6.07) is 10.8. The largest absolute Gasteiger partial charge is 0.382 e. The lowest BCUT2D eigenvalue weighted by Gasteiger charge is -2.21. The van der Waals surface area contributed by atoms with Crippen molar-refractivity contribution in [2.24, 2.45) is 0 Å². The van der Waals surface area contributed by atoms with Crippen LogP contribution in [0.25, 0.3) is 0 Å². The van der Waals surface area contributed by atoms with Gasteiger partial charge in [-0.3, -0.25) is 14.9 Å². The number of halogens is 2. The number of rotatable bonds is 5. The van der Waals surface area contributed by atoms with Gasteiger partial charge in [0, 0.05) is 17.7 Å². The number of hydrogen-bond donors (Lipinski definition) is 1. The Morgan fingerprint density at radius 3 is 2.14 bits per heavy atom. The molecule has 1 atom stereocenters. The predicted octanol–water partition coefficient (Wildman–Crippen LogP) is 3.15. The molecule has 0 heterocycles. The minimum Gasteiger partial charge on any atom is -0.382 e. The topological polar surface area (TPSA) is 80.4 Å². The van der Waals surface area contributed by atoms with Gasteiger partial charge in [-0.05, 0) is 17.7 Å². The van der Waals surface area contributed by atoms with Crippen LogP contribution < -0.4 is 0 Å². The molecule has 0 radical (unpaired) electrons. The van der Waals surface area contributed by atoms with Gasteiger partial charge in [0.1, 0.15) is 0 Å². The summed E-state index contributed by atoms with van der Waals surface area (Å²) in [5, 5.41) is 20.3. The number of hydrogen-bond acceptors (Lipinski definition) is 4. The van der Waals surface area contributed by atoms with Gasteiger partial charge >= 0.3 is 5.92 Å². The fourth-order valence-electron chi connectivity index (χ4n) is 1.89. The number of ketones is 1. The third kappa shape index (κ3) is 2.99. The highest BCUT2D eigenvalue weighted by Gasteiger charge is 2.47. The predicted molar refractivity (Wildman–Crippen MR) is 73.8 cm³/mol.